The van der Waals surface area contributed by atoms with E-state index in [1.807, 2.05) is 11.3 Å². The highest BCUT2D eigenvalue weighted by Gasteiger charge is 2.26. The summed E-state index contributed by atoms with van der Waals surface area (Å²) in [5.41, 5.74) is 9.52. The van der Waals surface area contributed by atoms with Crippen molar-refractivity contribution in [2.24, 2.45) is 0 Å². The Kier molecular flexibility index (Phi) is 6.47. The summed E-state index contributed by atoms with van der Waals surface area (Å²) in [4.78, 5) is 11.3. The van der Waals surface area contributed by atoms with Gasteiger partial charge < -0.3 is 0 Å². The van der Waals surface area contributed by atoms with Gasteiger partial charge in [-0.25, -0.2) is 4.98 Å². The predicted molar refractivity (Wildman–Crippen MR) is 232 cm³/mol. The van der Waals surface area contributed by atoms with E-state index >= 15 is 0 Å². The van der Waals surface area contributed by atoms with Crippen LogP contribution in [-0.4, -0.2) is 19.1 Å². The van der Waals surface area contributed by atoms with Gasteiger partial charge in [0, 0.05) is 42.9 Å². The standard InChI is InChI=1S/C50H30N4S/c1-4-16-31(17-5-1)33-28-29-41-39(30-33)45-46(32-18-6-2-7-19-32)51-50(52-49(45)53(41)34-20-8-3-9-21-34)54-40-26-14-12-24-37(40)43-35-22-10-11-23-36(35)44-38-25-13-15-27-42(38)55-48(44)47(43)54/h1-30H. The molecule has 55 heavy (non-hydrogen) atoms. The average molecular weight is 719 g/mol. The summed E-state index contributed by atoms with van der Waals surface area (Å²) in [5.74, 6) is 0.648. The molecule has 256 valence electrons. The molecule has 0 radical (unpaired) electrons. The van der Waals surface area contributed by atoms with E-state index in [4.69, 9.17) is 9.97 Å². The molecule has 0 fully saturated rings. The largest absolute Gasteiger partial charge is 0.294 e. The van der Waals surface area contributed by atoms with E-state index in [2.05, 4.69) is 191 Å². The Labute approximate surface area is 319 Å². The molecule has 0 atom stereocenters. The van der Waals surface area contributed by atoms with Gasteiger partial charge in [-0.3, -0.25) is 9.13 Å². The van der Waals surface area contributed by atoms with Gasteiger partial charge in [-0.1, -0.05) is 146 Å². The number of thiophene rings is 1. The van der Waals surface area contributed by atoms with Crippen LogP contribution < -0.4 is 0 Å². The molecule has 0 spiro atoms. The van der Waals surface area contributed by atoms with Crippen molar-refractivity contribution in [3.63, 3.8) is 0 Å². The van der Waals surface area contributed by atoms with Crippen LogP contribution in [0.5, 0.6) is 0 Å². The lowest BCUT2D eigenvalue weighted by molar-refractivity contribution is 0.997. The lowest BCUT2D eigenvalue weighted by Crippen LogP contribution is -2.05. The van der Waals surface area contributed by atoms with Gasteiger partial charge in [0.1, 0.15) is 0 Å². The summed E-state index contributed by atoms with van der Waals surface area (Å²) >= 11 is 1.86. The first-order chi connectivity index (χ1) is 27.3. The molecule has 0 saturated carbocycles. The van der Waals surface area contributed by atoms with Gasteiger partial charge in [0.2, 0.25) is 5.95 Å². The Morgan fingerprint density at radius 3 is 1.76 bits per heavy atom. The van der Waals surface area contributed by atoms with Gasteiger partial charge in [0.05, 0.1) is 32.3 Å². The van der Waals surface area contributed by atoms with Crippen LogP contribution >= 0.6 is 11.3 Å². The third-order valence-corrected chi connectivity index (χ3v) is 12.3. The molecule has 0 bridgehead atoms. The number of aromatic nitrogens is 4. The maximum absolute atomic E-state index is 5.68. The Balaban J connectivity index is 1.30. The number of nitrogens with zero attached hydrogens (tertiary/aromatic N) is 4. The minimum atomic E-state index is 0.648. The zero-order valence-corrected chi connectivity index (χ0v) is 30.3. The van der Waals surface area contributed by atoms with Gasteiger partial charge in [0.15, 0.2) is 5.65 Å². The molecule has 0 unspecified atom stereocenters. The minimum Gasteiger partial charge on any atom is -0.294 e. The molecule has 0 aliphatic rings. The van der Waals surface area contributed by atoms with E-state index in [0.29, 0.717) is 5.95 Å². The monoisotopic (exact) mass is 718 g/mol. The molecule has 12 aromatic rings. The highest BCUT2D eigenvalue weighted by Crippen LogP contribution is 2.48. The van der Waals surface area contributed by atoms with E-state index in [-0.39, 0.29) is 0 Å². The second-order valence-corrected chi connectivity index (χ2v) is 15.2. The normalized spacial score (nSPS) is 12.0. The zero-order valence-electron chi connectivity index (χ0n) is 29.5. The van der Waals surface area contributed by atoms with Gasteiger partial charge in [0.25, 0.3) is 0 Å². The fraction of sp³-hybridized carbons (Fsp3) is 0. The molecule has 4 heterocycles. The van der Waals surface area contributed by atoms with Crippen molar-refractivity contribution in [2.75, 3.05) is 0 Å². The van der Waals surface area contributed by atoms with Gasteiger partial charge >= 0.3 is 0 Å². The molecule has 4 aromatic heterocycles. The molecule has 0 aliphatic heterocycles. The van der Waals surface area contributed by atoms with Crippen LogP contribution in [0.3, 0.4) is 0 Å². The number of hydrogen-bond acceptors (Lipinski definition) is 3. The summed E-state index contributed by atoms with van der Waals surface area (Å²) in [5, 5.41) is 9.63. The quantitative estimate of drug-likeness (QED) is 0.182. The van der Waals surface area contributed by atoms with Gasteiger partial charge in [-0.05, 0) is 58.3 Å². The molecule has 8 aromatic carbocycles. The fourth-order valence-electron chi connectivity index (χ4n) is 8.78. The second kappa shape index (κ2) is 11.7. The summed E-state index contributed by atoms with van der Waals surface area (Å²) in [6, 6.07) is 65.0. The number of rotatable bonds is 4. The number of fused-ring (bicyclic) bond motifs is 13. The van der Waals surface area contributed by atoms with E-state index in [1.165, 1.54) is 47.3 Å². The topological polar surface area (TPSA) is 35.6 Å². The van der Waals surface area contributed by atoms with E-state index in [0.717, 1.165) is 55.5 Å². The zero-order chi connectivity index (χ0) is 36.0. The summed E-state index contributed by atoms with van der Waals surface area (Å²) < 4.78 is 7.16. The van der Waals surface area contributed by atoms with Crippen LogP contribution in [0.2, 0.25) is 0 Å². The van der Waals surface area contributed by atoms with E-state index in [1.54, 1.807) is 0 Å². The molecule has 12 rings (SSSR count). The smallest absolute Gasteiger partial charge is 0.237 e. The number of benzene rings is 8. The lowest BCUT2D eigenvalue weighted by atomic mass is 9.99. The Morgan fingerprint density at radius 1 is 0.400 bits per heavy atom. The van der Waals surface area contributed by atoms with Gasteiger partial charge in [-0.15, -0.1) is 11.3 Å². The Bertz CT molecular complexity index is 3470. The molecule has 0 N–H and O–H groups in total. The van der Waals surface area contributed by atoms with Crippen molar-refractivity contribution in [1.29, 1.82) is 0 Å². The molecule has 0 aliphatic carbocycles. The van der Waals surface area contributed by atoms with Crippen molar-refractivity contribution in [3.8, 4) is 34.0 Å². The summed E-state index contributed by atoms with van der Waals surface area (Å²) in [6.07, 6.45) is 0. The van der Waals surface area contributed by atoms with Crippen molar-refractivity contribution >= 4 is 86.0 Å². The Morgan fingerprint density at radius 2 is 1.00 bits per heavy atom. The number of para-hydroxylation sites is 2. The van der Waals surface area contributed by atoms with Crippen LogP contribution in [0.1, 0.15) is 0 Å². The van der Waals surface area contributed by atoms with Crippen LogP contribution in [0.4, 0.5) is 0 Å². The van der Waals surface area contributed by atoms with Crippen molar-refractivity contribution in [3.05, 3.63) is 182 Å². The highest BCUT2D eigenvalue weighted by molar-refractivity contribution is 7.27. The summed E-state index contributed by atoms with van der Waals surface area (Å²) in [6.45, 7) is 0. The third-order valence-electron chi connectivity index (χ3n) is 11.1. The Hall–Kier alpha value is -7.08. The van der Waals surface area contributed by atoms with Gasteiger partial charge in [-0.2, -0.15) is 4.98 Å². The van der Waals surface area contributed by atoms with Crippen molar-refractivity contribution in [2.45, 2.75) is 0 Å². The molecule has 0 saturated heterocycles. The second-order valence-electron chi connectivity index (χ2n) is 14.1. The molecule has 5 heteroatoms. The molecule has 4 nitrogen and oxygen atoms in total. The first-order valence-corrected chi connectivity index (χ1v) is 19.4. The lowest BCUT2D eigenvalue weighted by Gasteiger charge is -2.13. The molecule has 0 amide bonds. The fourth-order valence-corrected chi connectivity index (χ4v) is 10.0. The first kappa shape index (κ1) is 30.4. The van der Waals surface area contributed by atoms with E-state index in [9.17, 15) is 0 Å². The van der Waals surface area contributed by atoms with Crippen LogP contribution in [-0.2, 0) is 0 Å². The van der Waals surface area contributed by atoms with E-state index < -0.39 is 0 Å². The number of hydrogen-bond donors (Lipinski definition) is 0. The summed E-state index contributed by atoms with van der Waals surface area (Å²) in [7, 11) is 0. The maximum atomic E-state index is 5.68. The van der Waals surface area contributed by atoms with Crippen LogP contribution in [0.15, 0.2) is 182 Å². The molecular weight excluding hydrogens is 689 g/mol. The van der Waals surface area contributed by atoms with Crippen LogP contribution in [0.25, 0.3) is 109 Å². The maximum Gasteiger partial charge on any atom is 0.237 e. The first-order valence-electron chi connectivity index (χ1n) is 18.6. The SMILES string of the molecule is c1ccc(-c2ccc3c(c2)c2c(-c4ccccc4)nc(-n4c5ccccc5c5c6ccccc6c6c7ccccc7sc6c54)nc2n3-c2ccccc2)cc1. The van der Waals surface area contributed by atoms with Crippen molar-refractivity contribution in [1.82, 2.24) is 19.1 Å². The molecular formula is C50H30N4S. The average Bonchev–Trinajstić information content (AvgIpc) is 3.92. The van der Waals surface area contributed by atoms with Crippen molar-refractivity contribution < 1.29 is 0 Å². The minimum absolute atomic E-state index is 0.648. The predicted octanol–water partition coefficient (Wildman–Crippen LogP) is 13.5. The van der Waals surface area contributed by atoms with Crippen LogP contribution in [0, 0.1) is 0 Å². The third kappa shape index (κ3) is 4.39. The highest BCUT2D eigenvalue weighted by atomic mass is 32.1.